The summed E-state index contributed by atoms with van der Waals surface area (Å²) in [4.78, 5) is 31.9. The molecule has 2 aromatic heterocycles. The molecule has 11 nitrogen and oxygen atoms in total. The molecule has 2 aliphatic heterocycles. The average molecular weight is 551 g/mol. The summed E-state index contributed by atoms with van der Waals surface area (Å²) in [6, 6.07) is 5.02. The van der Waals surface area contributed by atoms with Crippen LogP contribution in [0.1, 0.15) is 30.4 Å². The highest BCUT2D eigenvalue weighted by Gasteiger charge is 2.57. The third-order valence-corrected chi connectivity index (χ3v) is 8.07. The zero-order chi connectivity index (χ0) is 28.4. The topological polar surface area (TPSA) is 134 Å². The smallest absolute Gasteiger partial charge is 0.407 e. The summed E-state index contributed by atoms with van der Waals surface area (Å²) in [6.45, 7) is 0.192. The molecule has 0 unspecified atom stereocenters. The van der Waals surface area contributed by atoms with E-state index < -0.39 is 40.3 Å². The molecule has 1 saturated carbocycles. The number of nitrogens with zero attached hydrogens (tertiary/aromatic N) is 6. The second-order valence-electron chi connectivity index (χ2n) is 10.3. The molecule has 40 heavy (non-hydrogen) atoms. The number of rotatable bonds is 6. The number of fused-ring (bicyclic) bond motifs is 2. The number of hydrogen-bond acceptors (Lipinski definition) is 7. The number of hydrogen-bond donors (Lipinski definition) is 1. The zero-order valence-electron chi connectivity index (χ0n) is 21.6. The Morgan fingerprint density at radius 2 is 1.82 bits per heavy atom. The van der Waals surface area contributed by atoms with Crippen molar-refractivity contribution in [2.45, 2.75) is 36.8 Å². The third kappa shape index (κ3) is 3.59. The Hall–Kier alpha value is -4.73. The van der Waals surface area contributed by atoms with Crippen molar-refractivity contribution in [2.75, 3.05) is 32.2 Å². The Morgan fingerprint density at radius 3 is 2.40 bits per heavy atom. The molecule has 1 spiro atoms. The number of aromatic nitrogens is 3. The maximum Gasteiger partial charge on any atom is 0.407 e. The van der Waals surface area contributed by atoms with E-state index in [1.807, 2.05) is 0 Å². The van der Waals surface area contributed by atoms with E-state index >= 15 is 8.78 Å². The fourth-order valence-electron chi connectivity index (χ4n) is 5.73. The van der Waals surface area contributed by atoms with Gasteiger partial charge in [-0.2, -0.15) is 10.4 Å². The van der Waals surface area contributed by atoms with Gasteiger partial charge < -0.3 is 24.4 Å². The fraction of sp³-hybridized carbons (Fsp3) is 0.370. The van der Waals surface area contributed by atoms with Gasteiger partial charge in [0.2, 0.25) is 5.91 Å². The van der Waals surface area contributed by atoms with Crippen LogP contribution in [0.25, 0.3) is 11.3 Å². The number of carbonyl (C=O) groups excluding carboxylic acids is 1. The van der Waals surface area contributed by atoms with Gasteiger partial charge in [-0.1, -0.05) is 0 Å². The number of pyridine rings is 1. The van der Waals surface area contributed by atoms with Crippen LogP contribution in [0.2, 0.25) is 0 Å². The third-order valence-electron chi connectivity index (χ3n) is 8.07. The van der Waals surface area contributed by atoms with Crippen LogP contribution in [-0.4, -0.2) is 64.1 Å². The van der Waals surface area contributed by atoms with E-state index in [2.05, 4.69) is 16.2 Å². The highest BCUT2D eigenvalue weighted by atomic mass is 19.1. The Morgan fingerprint density at radius 1 is 1.15 bits per heavy atom. The van der Waals surface area contributed by atoms with Crippen LogP contribution in [0.15, 0.2) is 30.7 Å². The molecule has 206 valence electrons. The van der Waals surface area contributed by atoms with Gasteiger partial charge in [-0.3, -0.25) is 14.5 Å². The van der Waals surface area contributed by atoms with Gasteiger partial charge in [0.05, 0.1) is 63.6 Å². The molecule has 4 heterocycles. The molecule has 1 aliphatic carbocycles. The SMILES string of the molecule is COc1cc(OC)c(F)c(N2Cc3cnc(-c4cnn(C5(CC#N)CN(C(=O)O)C5)c4)cc3C3(CC3)C2=O)c1F. The quantitative estimate of drug-likeness (QED) is 0.494. The van der Waals surface area contributed by atoms with Crippen molar-refractivity contribution < 1.29 is 33.0 Å². The van der Waals surface area contributed by atoms with Crippen molar-refractivity contribution in [3.05, 3.63) is 53.5 Å². The summed E-state index contributed by atoms with van der Waals surface area (Å²) in [5.74, 6) is -2.89. The van der Waals surface area contributed by atoms with Crippen LogP contribution in [0.3, 0.4) is 0 Å². The predicted molar refractivity (Wildman–Crippen MR) is 135 cm³/mol. The largest absolute Gasteiger partial charge is 0.493 e. The molecular weight excluding hydrogens is 526 g/mol. The number of methoxy groups -OCH3 is 2. The monoisotopic (exact) mass is 550 g/mol. The highest BCUT2D eigenvalue weighted by molar-refractivity contribution is 6.05. The molecule has 0 bridgehead atoms. The lowest BCUT2D eigenvalue weighted by atomic mass is 9.85. The van der Waals surface area contributed by atoms with E-state index in [1.54, 1.807) is 29.3 Å². The normalized spacial score (nSPS) is 18.1. The van der Waals surface area contributed by atoms with Crippen molar-refractivity contribution in [1.29, 1.82) is 5.26 Å². The lowest BCUT2D eigenvalue weighted by molar-refractivity contribution is -0.121. The van der Waals surface area contributed by atoms with Gasteiger partial charge in [0, 0.05) is 24.0 Å². The molecule has 6 rings (SSSR count). The van der Waals surface area contributed by atoms with E-state index in [1.165, 1.54) is 19.1 Å². The maximum atomic E-state index is 15.3. The van der Waals surface area contributed by atoms with E-state index in [4.69, 9.17) is 9.47 Å². The number of carboxylic acid groups (broad SMARTS) is 1. The zero-order valence-corrected chi connectivity index (χ0v) is 21.6. The number of carbonyl (C=O) groups is 2. The number of likely N-dealkylation sites (tertiary alicyclic amines) is 1. The molecule has 0 atom stereocenters. The second-order valence-corrected chi connectivity index (χ2v) is 10.3. The van der Waals surface area contributed by atoms with Crippen molar-refractivity contribution >= 4 is 17.7 Å². The molecule has 13 heteroatoms. The standard InChI is InChI=1S/C27H24F2N6O5/c1-39-19-8-20(40-2)22(29)23(21(19)28)34-11-15-9-31-18(7-17(15)27(3-4-27)24(34)36)16-10-32-35(12-16)26(5-6-30)13-33(14-26)25(37)38/h7-10,12H,3-5,11,13-14H2,1-2H3,(H,37,38). The summed E-state index contributed by atoms with van der Waals surface area (Å²) in [6.07, 6.45) is 4.95. The lowest BCUT2D eigenvalue weighted by Gasteiger charge is -2.47. The predicted octanol–water partition coefficient (Wildman–Crippen LogP) is 3.42. The molecule has 3 aliphatic rings. The number of anilines is 1. The lowest BCUT2D eigenvalue weighted by Crippen LogP contribution is -2.64. The van der Waals surface area contributed by atoms with Crippen LogP contribution in [0.4, 0.5) is 19.3 Å². The van der Waals surface area contributed by atoms with Gasteiger partial charge in [-0.25, -0.2) is 13.6 Å². The van der Waals surface area contributed by atoms with Crippen molar-refractivity contribution in [3.63, 3.8) is 0 Å². The maximum absolute atomic E-state index is 15.3. The second kappa shape index (κ2) is 8.90. The first-order valence-corrected chi connectivity index (χ1v) is 12.5. The molecule has 2 fully saturated rings. The summed E-state index contributed by atoms with van der Waals surface area (Å²) < 4.78 is 42.3. The Bertz CT molecular complexity index is 1580. The molecule has 1 N–H and O–H groups in total. The number of benzene rings is 1. The highest BCUT2D eigenvalue weighted by Crippen LogP contribution is 2.55. The van der Waals surface area contributed by atoms with Crippen LogP contribution < -0.4 is 14.4 Å². The molecular formula is C27H24F2N6O5. The minimum Gasteiger partial charge on any atom is -0.493 e. The van der Waals surface area contributed by atoms with Crippen molar-refractivity contribution in [2.24, 2.45) is 0 Å². The van der Waals surface area contributed by atoms with Gasteiger partial charge in [-0.05, 0) is 30.0 Å². The summed E-state index contributed by atoms with van der Waals surface area (Å²) >= 11 is 0. The van der Waals surface area contributed by atoms with E-state index in [0.29, 0.717) is 29.7 Å². The minimum atomic E-state index is -1.06. The number of ether oxygens (including phenoxy) is 2. The summed E-state index contributed by atoms with van der Waals surface area (Å²) in [7, 11) is 2.50. The van der Waals surface area contributed by atoms with Crippen LogP contribution in [0.5, 0.6) is 11.5 Å². The summed E-state index contributed by atoms with van der Waals surface area (Å²) in [5, 5.41) is 23.0. The van der Waals surface area contributed by atoms with Gasteiger partial charge in [0.25, 0.3) is 0 Å². The van der Waals surface area contributed by atoms with E-state index in [9.17, 15) is 20.0 Å². The first-order valence-electron chi connectivity index (χ1n) is 12.5. The van der Waals surface area contributed by atoms with Gasteiger partial charge in [0.15, 0.2) is 23.1 Å². The van der Waals surface area contributed by atoms with E-state index in [0.717, 1.165) is 16.5 Å². The molecule has 3 aromatic rings. The van der Waals surface area contributed by atoms with Gasteiger partial charge >= 0.3 is 6.09 Å². The molecule has 1 saturated heterocycles. The Kier molecular flexibility index (Phi) is 5.69. The van der Waals surface area contributed by atoms with Crippen LogP contribution in [0, 0.1) is 23.0 Å². The molecule has 0 radical (unpaired) electrons. The number of amides is 2. The van der Waals surface area contributed by atoms with Crippen LogP contribution in [-0.2, 0) is 22.3 Å². The number of halogens is 2. The summed E-state index contributed by atoms with van der Waals surface area (Å²) in [5.41, 5.74) is 0.352. The van der Waals surface area contributed by atoms with Crippen molar-refractivity contribution in [1.82, 2.24) is 19.7 Å². The van der Waals surface area contributed by atoms with Crippen molar-refractivity contribution in [3.8, 4) is 28.8 Å². The molecule has 2 amide bonds. The fourth-order valence-corrected chi connectivity index (χ4v) is 5.73. The first-order chi connectivity index (χ1) is 19.2. The average Bonchev–Trinajstić information content (AvgIpc) is 3.56. The van der Waals surface area contributed by atoms with Gasteiger partial charge in [0.1, 0.15) is 11.2 Å². The first kappa shape index (κ1) is 25.5. The minimum absolute atomic E-state index is 0.0884. The van der Waals surface area contributed by atoms with Crippen LogP contribution >= 0.6 is 0 Å². The van der Waals surface area contributed by atoms with E-state index in [-0.39, 0.29) is 37.6 Å². The Balaban J connectivity index is 1.35. The van der Waals surface area contributed by atoms with Gasteiger partial charge in [-0.15, -0.1) is 0 Å². The number of nitriles is 1. The molecule has 1 aromatic carbocycles. The Labute approximate surface area is 227 Å².